The van der Waals surface area contributed by atoms with Crippen LogP contribution in [0.4, 0.5) is 0 Å². The summed E-state index contributed by atoms with van der Waals surface area (Å²) in [4.78, 5) is 16.2. The Labute approximate surface area is 121 Å². The highest BCUT2D eigenvalue weighted by atomic mass is 16.5. The number of carbonyl (C=O) groups excluding carboxylic acids is 1. The standard InChI is InChI=1S/C17H12N2O2/c18-16(20)10-3-1-5-12-15(10)21-14-6-2-4-11-13-7-9(19-13)8-17(11,12)14/h1-6,8,14H,7H2,(H2,18,20). The molecule has 2 N–H and O–H groups in total. The maximum absolute atomic E-state index is 11.7. The summed E-state index contributed by atoms with van der Waals surface area (Å²) in [5.74, 6) is 0.161. The third-order valence-corrected chi connectivity index (χ3v) is 4.75. The molecule has 0 saturated carbocycles. The Hall–Kier alpha value is -2.62. The number of ether oxygens (including phenoxy) is 1. The van der Waals surface area contributed by atoms with E-state index < -0.39 is 5.91 Å². The summed E-state index contributed by atoms with van der Waals surface area (Å²) < 4.78 is 6.10. The van der Waals surface area contributed by atoms with Gasteiger partial charge >= 0.3 is 0 Å². The summed E-state index contributed by atoms with van der Waals surface area (Å²) >= 11 is 0. The third kappa shape index (κ3) is 1.13. The lowest BCUT2D eigenvalue weighted by atomic mass is 9.62. The molecule has 2 aliphatic carbocycles. The smallest absolute Gasteiger partial charge is 0.252 e. The number of nitrogens with zero attached hydrogens (tertiary/aromatic N) is 1. The van der Waals surface area contributed by atoms with Gasteiger partial charge in [-0.1, -0.05) is 24.3 Å². The predicted octanol–water partition coefficient (Wildman–Crippen LogP) is 2.02. The number of hydrogen-bond donors (Lipinski definition) is 1. The van der Waals surface area contributed by atoms with Gasteiger partial charge in [0.15, 0.2) is 0 Å². The van der Waals surface area contributed by atoms with Gasteiger partial charge in [-0.05, 0) is 23.8 Å². The maximum Gasteiger partial charge on any atom is 0.252 e. The van der Waals surface area contributed by atoms with Crippen molar-refractivity contribution in [2.75, 3.05) is 0 Å². The topological polar surface area (TPSA) is 64.7 Å². The summed E-state index contributed by atoms with van der Waals surface area (Å²) in [5.41, 5.74) is 10.0. The molecule has 0 fully saturated rings. The fourth-order valence-corrected chi connectivity index (χ4v) is 3.84. The van der Waals surface area contributed by atoms with Gasteiger partial charge in [0.1, 0.15) is 11.9 Å². The molecule has 5 aliphatic rings. The van der Waals surface area contributed by atoms with Crippen LogP contribution in [0, 0.1) is 0 Å². The Morgan fingerprint density at radius 3 is 3.10 bits per heavy atom. The Morgan fingerprint density at radius 1 is 1.43 bits per heavy atom. The van der Waals surface area contributed by atoms with Crippen molar-refractivity contribution >= 4 is 11.6 Å². The molecule has 1 aromatic rings. The van der Waals surface area contributed by atoms with E-state index in [1.54, 1.807) is 6.07 Å². The molecule has 0 saturated heterocycles. The molecule has 3 heterocycles. The molecule has 2 bridgehead atoms. The summed E-state index contributed by atoms with van der Waals surface area (Å²) in [6, 6.07) is 5.61. The summed E-state index contributed by atoms with van der Waals surface area (Å²) in [6.07, 6.45) is 9.14. The van der Waals surface area contributed by atoms with Crippen LogP contribution < -0.4 is 10.5 Å². The van der Waals surface area contributed by atoms with E-state index in [2.05, 4.69) is 17.1 Å². The zero-order valence-corrected chi connectivity index (χ0v) is 11.2. The van der Waals surface area contributed by atoms with Crippen LogP contribution in [0.15, 0.2) is 58.8 Å². The lowest BCUT2D eigenvalue weighted by molar-refractivity contribution is 0.0995. The van der Waals surface area contributed by atoms with Crippen LogP contribution in [0.25, 0.3) is 0 Å². The molecule has 2 unspecified atom stereocenters. The lowest BCUT2D eigenvalue weighted by Crippen LogP contribution is -2.46. The van der Waals surface area contributed by atoms with Gasteiger partial charge in [-0.3, -0.25) is 9.79 Å². The highest BCUT2D eigenvalue weighted by molar-refractivity contribution is 6.11. The van der Waals surface area contributed by atoms with E-state index in [-0.39, 0.29) is 11.5 Å². The van der Waals surface area contributed by atoms with E-state index in [0.29, 0.717) is 11.3 Å². The minimum Gasteiger partial charge on any atom is -0.484 e. The van der Waals surface area contributed by atoms with E-state index in [9.17, 15) is 4.79 Å². The van der Waals surface area contributed by atoms with Crippen molar-refractivity contribution in [3.05, 3.63) is 64.9 Å². The van der Waals surface area contributed by atoms with Crippen LogP contribution in [0.5, 0.6) is 5.75 Å². The molecule has 0 radical (unpaired) electrons. The number of para-hydroxylation sites is 1. The third-order valence-electron chi connectivity index (χ3n) is 4.75. The number of nitrogens with two attached hydrogens (primary N) is 1. The molecule has 3 aliphatic heterocycles. The SMILES string of the molecule is NC(=O)c1cccc2c1OC1C=CC=C3C4=NC(=CC321)C4. The number of carbonyl (C=O) groups is 1. The number of hydrogen-bond acceptors (Lipinski definition) is 3. The molecule has 1 aromatic carbocycles. The van der Waals surface area contributed by atoms with E-state index in [0.717, 1.165) is 23.4 Å². The molecule has 4 nitrogen and oxygen atoms in total. The fraction of sp³-hybridized carbons (Fsp3) is 0.176. The van der Waals surface area contributed by atoms with Crippen molar-refractivity contribution in [1.29, 1.82) is 0 Å². The second-order valence-corrected chi connectivity index (χ2v) is 5.79. The van der Waals surface area contributed by atoms with Crippen LogP contribution in [0.1, 0.15) is 22.3 Å². The summed E-state index contributed by atoms with van der Waals surface area (Å²) in [6.45, 7) is 0. The van der Waals surface area contributed by atoms with Crippen molar-refractivity contribution in [2.24, 2.45) is 10.7 Å². The molecule has 1 spiro atoms. The minimum absolute atomic E-state index is 0.131. The van der Waals surface area contributed by atoms with E-state index in [1.165, 1.54) is 5.57 Å². The summed E-state index contributed by atoms with van der Waals surface area (Å²) in [7, 11) is 0. The Balaban J connectivity index is 1.84. The molecule has 102 valence electrons. The van der Waals surface area contributed by atoms with Crippen LogP contribution in [0.2, 0.25) is 0 Å². The van der Waals surface area contributed by atoms with Gasteiger partial charge in [-0.2, -0.15) is 0 Å². The zero-order valence-electron chi connectivity index (χ0n) is 11.2. The first-order valence-corrected chi connectivity index (χ1v) is 6.99. The number of rotatable bonds is 1. The van der Waals surface area contributed by atoms with Crippen LogP contribution in [0.3, 0.4) is 0 Å². The van der Waals surface area contributed by atoms with Gasteiger partial charge in [0, 0.05) is 17.7 Å². The van der Waals surface area contributed by atoms with Gasteiger partial charge < -0.3 is 10.5 Å². The first-order chi connectivity index (χ1) is 10.2. The number of fused-ring (bicyclic) bond motifs is 1. The normalized spacial score (nSPS) is 29.9. The van der Waals surface area contributed by atoms with E-state index >= 15 is 0 Å². The number of aliphatic imine (C=N–C) groups is 1. The van der Waals surface area contributed by atoms with Gasteiger partial charge in [-0.15, -0.1) is 0 Å². The quantitative estimate of drug-likeness (QED) is 0.852. The molecule has 6 rings (SSSR count). The molecule has 4 heteroatoms. The molecular weight excluding hydrogens is 264 g/mol. The lowest BCUT2D eigenvalue weighted by Gasteiger charge is -2.42. The highest BCUT2D eigenvalue weighted by Crippen LogP contribution is 2.56. The van der Waals surface area contributed by atoms with Crippen LogP contribution in [-0.2, 0) is 5.41 Å². The van der Waals surface area contributed by atoms with Crippen molar-refractivity contribution < 1.29 is 9.53 Å². The average Bonchev–Trinajstić information content (AvgIpc) is 2.77. The van der Waals surface area contributed by atoms with E-state index in [1.807, 2.05) is 24.3 Å². The van der Waals surface area contributed by atoms with Gasteiger partial charge in [0.05, 0.1) is 16.7 Å². The van der Waals surface area contributed by atoms with Gasteiger partial charge in [-0.25, -0.2) is 0 Å². The first-order valence-electron chi connectivity index (χ1n) is 6.99. The Morgan fingerprint density at radius 2 is 2.29 bits per heavy atom. The molecule has 2 atom stereocenters. The number of amides is 1. The molecule has 21 heavy (non-hydrogen) atoms. The van der Waals surface area contributed by atoms with Crippen molar-refractivity contribution in [2.45, 2.75) is 17.9 Å². The molecular formula is C17H12N2O2. The zero-order chi connectivity index (χ0) is 14.2. The second-order valence-electron chi connectivity index (χ2n) is 5.79. The number of primary amides is 1. The second kappa shape index (κ2) is 3.34. The van der Waals surface area contributed by atoms with E-state index in [4.69, 9.17) is 10.5 Å². The maximum atomic E-state index is 11.7. The van der Waals surface area contributed by atoms with Crippen molar-refractivity contribution in [1.82, 2.24) is 0 Å². The first kappa shape index (κ1) is 11.1. The van der Waals surface area contributed by atoms with Crippen LogP contribution in [-0.4, -0.2) is 17.7 Å². The average molecular weight is 276 g/mol. The number of allylic oxidation sites excluding steroid dienone is 3. The largest absolute Gasteiger partial charge is 0.484 e. The Bertz CT molecular complexity index is 844. The van der Waals surface area contributed by atoms with Gasteiger partial charge in [0.2, 0.25) is 0 Å². The number of benzene rings is 1. The van der Waals surface area contributed by atoms with Crippen molar-refractivity contribution in [3.63, 3.8) is 0 Å². The minimum atomic E-state index is -0.456. The van der Waals surface area contributed by atoms with Gasteiger partial charge in [0.25, 0.3) is 5.91 Å². The highest BCUT2D eigenvalue weighted by Gasteiger charge is 2.55. The fourth-order valence-electron chi connectivity index (χ4n) is 3.84. The molecule has 1 amide bonds. The molecule has 0 aromatic heterocycles. The summed E-state index contributed by atoms with van der Waals surface area (Å²) in [5, 5.41) is 0. The van der Waals surface area contributed by atoms with Crippen molar-refractivity contribution in [3.8, 4) is 5.75 Å². The Kier molecular flexibility index (Phi) is 1.76. The predicted molar refractivity (Wildman–Crippen MR) is 78.4 cm³/mol. The monoisotopic (exact) mass is 276 g/mol. The van der Waals surface area contributed by atoms with Crippen LogP contribution >= 0.6 is 0 Å².